The van der Waals surface area contributed by atoms with Crippen molar-refractivity contribution < 1.29 is 28.6 Å². The SMILES string of the molecule is CCOC(=O)CN1C(=O)CN(C(=O)c2c(OC)cccc2OC)c2cc(C)c(C)cc21. The van der Waals surface area contributed by atoms with E-state index in [0.29, 0.717) is 22.9 Å². The fraction of sp³-hybridized carbons (Fsp3) is 0.348. The van der Waals surface area contributed by atoms with Gasteiger partial charge in [-0.3, -0.25) is 24.2 Å². The number of benzene rings is 2. The number of hydrogen-bond acceptors (Lipinski definition) is 6. The number of anilines is 2. The molecule has 3 rings (SSSR count). The number of aryl methyl sites for hydroxylation is 2. The molecule has 0 saturated carbocycles. The molecule has 0 radical (unpaired) electrons. The predicted octanol–water partition coefficient (Wildman–Crippen LogP) is 2.88. The Morgan fingerprint density at radius 1 is 1.00 bits per heavy atom. The van der Waals surface area contributed by atoms with Crippen LogP contribution in [0, 0.1) is 13.8 Å². The third-order valence-corrected chi connectivity index (χ3v) is 5.25. The van der Waals surface area contributed by atoms with Gasteiger partial charge in [0.1, 0.15) is 30.2 Å². The topological polar surface area (TPSA) is 85.4 Å². The Morgan fingerprint density at radius 2 is 1.58 bits per heavy atom. The first-order valence-electron chi connectivity index (χ1n) is 9.92. The normalized spacial score (nSPS) is 13.0. The van der Waals surface area contributed by atoms with Crippen LogP contribution in [0.2, 0.25) is 0 Å². The van der Waals surface area contributed by atoms with Crippen molar-refractivity contribution in [2.24, 2.45) is 0 Å². The molecule has 164 valence electrons. The van der Waals surface area contributed by atoms with E-state index < -0.39 is 11.9 Å². The van der Waals surface area contributed by atoms with E-state index in [1.54, 1.807) is 31.2 Å². The Hall–Kier alpha value is -3.55. The summed E-state index contributed by atoms with van der Waals surface area (Å²) in [5, 5.41) is 0. The van der Waals surface area contributed by atoms with Gasteiger partial charge >= 0.3 is 5.97 Å². The van der Waals surface area contributed by atoms with Crippen molar-refractivity contribution in [3.05, 3.63) is 47.0 Å². The summed E-state index contributed by atoms with van der Waals surface area (Å²) in [4.78, 5) is 41.5. The molecule has 8 heteroatoms. The largest absolute Gasteiger partial charge is 0.496 e. The molecule has 2 aromatic carbocycles. The van der Waals surface area contributed by atoms with E-state index >= 15 is 0 Å². The first-order chi connectivity index (χ1) is 14.8. The van der Waals surface area contributed by atoms with Crippen molar-refractivity contribution in [3.8, 4) is 11.5 Å². The zero-order chi connectivity index (χ0) is 22.7. The average Bonchev–Trinajstić information content (AvgIpc) is 2.75. The van der Waals surface area contributed by atoms with Crippen LogP contribution in [0.3, 0.4) is 0 Å². The van der Waals surface area contributed by atoms with Crippen molar-refractivity contribution >= 4 is 29.2 Å². The van der Waals surface area contributed by atoms with E-state index in [1.165, 1.54) is 24.0 Å². The highest BCUT2D eigenvalue weighted by atomic mass is 16.5. The van der Waals surface area contributed by atoms with E-state index in [9.17, 15) is 14.4 Å². The summed E-state index contributed by atoms with van der Waals surface area (Å²) in [5.41, 5.74) is 3.13. The van der Waals surface area contributed by atoms with E-state index in [0.717, 1.165) is 11.1 Å². The van der Waals surface area contributed by atoms with Gasteiger partial charge in [-0.25, -0.2) is 0 Å². The molecular formula is C23H26N2O6. The molecule has 31 heavy (non-hydrogen) atoms. The smallest absolute Gasteiger partial charge is 0.326 e. The van der Waals surface area contributed by atoms with Crippen LogP contribution < -0.4 is 19.3 Å². The van der Waals surface area contributed by atoms with Crippen LogP contribution in [0.4, 0.5) is 11.4 Å². The van der Waals surface area contributed by atoms with Crippen LogP contribution in [-0.2, 0) is 14.3 Å². The van der Waals surface area contributed by atoms with E-state index in [-0.39, 0.29) is 31.2 Å². The molecular weight excluding hydrogens is 400 g/mol. The van der Waals surface area contributed by atoms with Gasteiger partial charge in [-0.15, -0.1) is 0 Å². The molecule has 1 aliphatic heterocycles. The van der Waals surface area contributed by atoms with Gasteiger partial charge in [-0.1, -0.05) is 6.07 Å². The number of methoxy groups -OCH3 is 2. The number of amides is 2. The number of carbonyl (C=O) groups is 3. The third-order valence-electron chi connectivity index (χ3n) is 5.25. The summed E-state index contributed by atoms with van der Waals surface area (Å²) in [5.74, 6) is -0.632. The first-order valence-corrected chi connectivity index (χ1v) is 9.92. The number of carbonyl (C=O) groups excluding carboxylic acids is 3. The van der Waals surface area contributed by atoms with Crippen LogP contribution in [0.25, 0.3) is 0 Å². The van der Waals surface area contributed by atoms with Gasteiger partial charge < -0.3 is 14.2 Å². The second-order valence-corrected chi connectivity index (χ2v) is 7.14. The van der Waals surface area contributed by atoms with E-state index in [1.807, 2.05) is 19.9 Å². The molecule has 0 aromatic heterocycles. The Kier molecular flexibility index (Phi) is 6.48. The highest BCUT2D eigenvalue weighted by Crippen LogP contribution is 2.39. The van der Waals surface area contributed by atoms with Crippen LogP contribution in [0.15, 0.2) is 30.3 Å². The van der Waals surface area contributed by atoms with Crippen LogP contribution in [0.5, 0.6) is 11.5 Å². The molecule has 0 fully saturated rings. The number of fused-ring (bicyclic) bond motifs is 1. The van der Waals surface area contributed by atoms with Gasteiger partial charge in [0.2, 0.25) is 5.91 Å². The third kappa shape index (κ3) is 4.19. The van der Waals surface area contributed by atoms with Gasteiger partial charge in [-0.2, -0.15) is 0 Å². The van der Waals surface area contributed by atoms with Crippen LogP contribution in [-0.4, -0.2) is 51.7 Å². The molecule has 8 nitrogen and oxygen atoms in total. The molecule has 0 spiro atoms. The van der Waals surface area contributed by atoms with Crippen molar-refractivity contribution in [2.75, 3.05) is 43.7 Å². The Morgan fingerprint density at radius 3 is 2.13 bits per heavy atom. The van der Waals surface area contributed by atoms with Crippen molar-refractivity contribution in [3.63, 3.8) is 0 Å². The van der Waals surface area contributed by atoms with Gasteiger partial charge in [0.25, 0.3) is 5.91 Å². The Balaban J connectivity index is 2.11. The molecule has 0 unspecified atom stereocenters. The molecule has 0 N–H and O–H groups in total. The molecule has 1 heterocycles. The maximum Gasteiger partial charge on any atom is 0.326 e. The lowest BCUT2D eigenvalue weighted by Gasteiger charge is -2.36. The number of ether oxygens (including phenoxy) is 3. The lowest BCUT2D eigenvalue weighted by Crippen LogP contribution is -2.50. The fourth-order valence-electron chi connectivity index (χ4n) is 3.55. The summed E-state index contributed by atoms with van der Waals surface area (Å²) < 4.78 is 15.8. The molecule has 0 saturated heterocycles. The molecule has 1 aliphatic rings. The highest BCUT2D eigenvalue weighted by molar-refractivity contribution is 6.18. The predicted molar refractivity (Wildman–Crippen MR) is 116 cm³/mol. The standard InChI is InChI=1S/C23H26N2O6/c1-6-31-21(27)13-24-16-10-14(2)15(3)11-17(16)25(12-20(24)26)23(28)22-18(29-4)8-7-9-19(22)30-5/h7-11H,6,12-13H2,1-5H3. The molecule has 0 aliphatic carbocycles. The number of hydrogen-bond donors (Lipinski definition) is 0. The summed E-state index contributed by atoms with van der Waals surface area (Å²) in [6.07, 6.45) is 0. The molecule has 2 aromatic rings. The van der Waals surface area contributed by atoms with Crippen molar-refractivity contribution in [2.45, 2.75) is 20.8 Å². The number of rotatable bonds is 6. The zero-order valence-electron chi connectivity index (χ0n) is 18.4. The minimum absolute atomic E-state index is 0.220. The summed E-state index contributed by atoms with van der Waals surface area (Å²) in [6.45, 7) is 5.31. The summed E-state index contributed by atoms with van der Waals surface area (Å²) in [6, 6.07) is 8.69. The minimum atomic E-state index is -0.508. The lowest BCUT2D eigenvalue weighted by atomic mass is 10.0. The first kappa shape index (κ1) is 22.1. The van der Waals surface area contributed by atoms with E-state index in [4.69, 9.17) is 14.2 Å². The lowest BCUT2D eigenvalue weighted by molar-refractivity contribution is -0.142. The highest BCUT2D eigenvalue weighted by Gasteiger charge is 2.36. The van der Waals surface area contributed by atoms with E-state index in [2.05, 4.69) is 0 Å². The van der Waals surface area contributed by atoms with Gasteiger partial charge in [0.15, 0.2) is 0 Å². The maximum absolute atomic E-state index is 13.6. The Labute approximate surface area is 181 Å². The quantitative estimate of drug-likeness (QED) is 0.661. The number of nitrogens with zero attached hydrogens (tertiary/aromatic N) is 2. The van der Waals surface area contributed by atoms with Gasteiger partial charge in [0, 0.05) is 0 Å². The van der Waals surface area contributed by atoms with Crippen LogP contribution in [0.1, 0.15) is 28.4 Å². The molecule has 0 bridgehead atoms. The minimum Gasteiger partial charge on any atom is -0.496 e. The second-order valence-electron chi connectivity index (χ2n) is 7.14. The van der Waals surface area contributed by atoms with Gasteiger partial charge in [-0.05, 0) is 56.2 Å². The second kappa shape index (κ2) is 9.07. The fourth-order valence-corrected chi connectivity index (χ4v) is 3.55. The average molecular weight is 426 g/mol. The van der Waals surface area contributed by atoms with Gasteiger partial charge in [0.05, 0.1) is 32.2 Å². The Bertz CT molecular complexity index is 1010. The zero-order valence-corrected chi connectivity index (χ0v) is 18.4. The molecule has 2 amide bonds. The maximum atomic E-state index is 13.6. The monoisotopic (exact) mass is 426 g/mol. The summed E-state index contributed by atoms with van der Waals surface area (Å²) in [7, 11) is 2.94. The number of esters is 1. The van der Waals surface area contributed by atoms with Crippen molar-refractivity contribution in [1.29, 1.82) is 0 Å². The summed E-state index contributed by atoms with van der Waals surface area (Å²) >= 11 is 0. The van der Waals surface area contributed by atoms with Crippen LogP contribution >= 0.6 is 0 Å². The molecule has 0 atom stereocenters. The van der Waals surface area contributed by atoms with Crippen molar-refractivity contribution in [1.82, 2.24) is 0 Å².